The molecule has 1 aliphatic heterocycles. The Morgan fingerprint density at radius 1 is 0.971 bits per heavy atom. The molecule has 1 amide bonds. The lowest BCUT2D eigenvalue weighted by atomic mass is 10.1. The maximum atomic E-state index is 13.7. The standard InChI is InChI=1S/C25H31N5O4S/c1-17-14-24(31)26-22-9-6-18(15-21(17)22)29(5)25(32)20-8-7-19(35(33,34)27(2)3)16-23(20)30-12-10-28(4)11-13-30/h6-9,14-16H,10-13H2,1-5H3,(H,26,31). The summed E-state index contributed by atoms with van der Waals surface area (Å²) in [6, 6.07) is 11.7. The number of nitrogens with zero attached hydrogens (tertiary/aromatic N) is 4. The maximum absolute atomic E-state index is 13.7. The molecule has 35 heavy (non-hydrogen) atoms. The zero-order chi connectivity index (χ0) is 25.5. The number of amides is 1. The Kier molecular flexibility index (Phi) is 6.72. The summed E-state index contributed by atoms with van der Waals surface area (Å²) in [6.07, 6.45) is 0. The first-order valence-electron chi connectivity index (χ1n) is 11.4. The molecule has 0 radical (unpaired) electrons. The van der Waals surface area contributed by atoms with Crippen LogP contribution in [0, 0.1) is 6.92 Å². The number of aryl methyl sites for hydroxylation is 1. The van der Waals surface area contributed by atoms with Gasteiger partial charge in [0.15, 0.2) is 0 Å². The Balaban J connectivity index is 1.77. The zero-order valence-corrected chi connectivity index (χ0v) is 21.5. The van der Waals surface area contributed by atoms with Gasteiger partial charge in [-0.15, -0.1) is 0 Å². The minimum atomic E-state index is -3.65. The van der Waals surface area contributed by atoms with Crippen LogP contribution >= 0.6 is 0 Å². The molecule has 3 aromatic rings. The number of piperazine rings is 1. The number of H-pyrrole nitrogens is 1. The maximum Gasteiger partial charge on any atom is 0.260 e. The van der Waals surface area contributed by atoms with E-state index < -0.39 is 10.0 Å². The molecule has 0 unspecified atom stereocenters. The molecule has 0 saturated carbocycles. The van der Waals surface area contributed by atoms with Gasteiger partial charge < -0.3 is 19.7 Å². The number of aromatic nitrogens is 1. The fraction of sp³-hybridized carbons (Fsp3) is 0.360. The minimum Gasteiger partial charge on any atom is -0.368 e. The number of pyridine rings is 1. The third-order valence-corrected chi connectivity index (χ3v) is 8.36. The number of carbonyl (C=O) groups is 1. The molecule has 1 fully saturated rings. The highest BCUT2D eigenvalue weighted by Crippen LogP contribution is 2.30. The van der Waals surface area contributed by atoms with Crippen molar-refractivity contribution in [1.29, 1.82) is 0 Å². The molecule has 2 heterocycles. The summed E-state index contributed by atoms with van der Waals surface area (Å²) in [5.74, 6) is -0.242. The van der Waals surface area contributed by atoms with Gasteiger partial charge in [0, 0.05) is 70.0 Å². The summed E-state index contributed by atoms with van der Waals surface area (Å²) in [7, 11) is 3.07. The van der Waals surface area contributed by atoms with E-state index in [2.05, 4.69) is 14.8 Å². The van der Waals surface area contributed by atoms with Gasteiger partial charge >= 0.3 is 0 Å². The van der Waals surface area contributed by atoms with Crippen LogP contribution in [0.15, 0.2) is 52.2 Å². The van der Waals surface area contributed by atoms with Gasteiger partial charge in [0.2, 0.25) is 15.6 Å². The predicted octanol–water partition coefficient (Wildman–Crippen LogP) is 2.12. The second kappa shape index (κ2) is 9.44. The van der Waals surface area contributed by atoms with Crippen LogP contribution in [0.4, 0.5) is 11.4 Å². The Bertz CT molecular complexity index is 1440. The highest BCUT2D eigenvalue weighted by Gasteiger charge is 2.26. The van der Waals surface area contributed by atoms with Gasteiger partial charge in [-0.05, 0) is 55.9 Å². The average Bonchev–Trinajstić information content (AvgIpc) is 2.83. The third kappa shape index (κ3) is 4.82. The molecule has 1 saturated heterocycles. The van der Waals surface area contributed by atoms with Crippen LogP contribution in [0.5, 0.6) is 0 Å². The number of rotatable bonds is 5. The van der Waals surface area contributed by atoms with E-state index in [-0.39, 0.29) is 16.4 Å². The van der Waals surface area contributed by atoms with Gasteiger partial charge in [0.1, 0.15) is 0 Å². The van der Waals surface area contributed by atoms with Gasteiger partial charge in [-0.25, -0.2) is 12.7 Å². The lowest BCUT2D eigenvalue weighted by Gasteiger charge is -2.35. The van der Waals surface area contributed by atoms with Crippen molar-refractivity contribution in [2.75, 3.05) is 64.2 Å². The van der Waals surface area contributed by atoms with E-state index in [1.54, 1.807) is 36.2 Å². The first kappa shape index (κ1) is 24.9. The number of fused-ring (bicyclic) bond motifs is 1. The van der Waals surface area contributed by atoms with Crippen molar-refractivity contribution in [3.8, 4) is 0 Å². The second-order valence-electron chi connectivity index (χ2n) is 9.17. The van der Waals surface area contributed by atoms with Crippen molar-refractivity contribution < 1.29 is 13.2 Å². The first-order chi connectivity index (χ1) is 16.5. The molecule has 10 heteroatoms. The average molecular weight is 498 g/mol. The molecule has 0 atom stereocenters. The summed E-state index contributed by atoms with van der Waals surface area (Å²) in [5, 5.41) is 0.855. The number of aromatic amines is 1. The number of likely N-dealkylation sites (N-methyl/N-ethyl adjacent to an activating group) is 1. The first-order valence-corrected chi connectivity index (χ1v) is 12.8. The van der Waals surface area contributed by atoms with E-state index in [1.165, 1.54) is 30.5 Å². The smallest absolute Gasteiger partial charge is 0.260 e. The van der Waals surface area contributed by atoms with E-state index in [0.717, 1.165) is 24.0 Å². The summed E-state index contributed by atoms with van der Waals surface area (Å²) in [6.45, 7) is 4.87. The Morgan fingerprint density at radius 3 is 2.31 bits per heavy atom. The summed E-state index contributed by atoms with van der Waals surface area (Å²) >= 11 is 0. The molecule has 0 bridgehead atoms. The molecular weight excluding hydrogens is 466 g/mol. The number of hydrogen-bond acceptors (Lipinski definition) is 6. The molecule has 186 valence electrons. The van der Waals surface area contributed by atoms with Crippen LogP contribution in [0.2, 0.25) is 0 Å². The molecule has 0 spiro atoms. The monoisotopic (exact) mass is 497 g/mol. The quantitative estimate of drug-likeness (QED) is 0.580. The highest BCUT2D eigenvalue weighted by molar-refractivity contribution is 7.89. The van der Waals surface area contributed by atoms with Crippen molar-refractivity contribution in [3.05, 3.63) is 63.9 Å². The SMILES string of the molecule is Cc1cc(=O)[nH]c2ccc(N(C)C(=O)c3ccc(S(=O)(=O)N(C)C)cc3N3CCN(C)CC3)cc12. The molecule has 0 aliphatic carbocycles. The van der Waals surface area contributed by atoms with Crippen molar-refractivity contribution in [2.24, 2.45) is 0 Å². The molecule has 4 rings (SSSR count). The summed E-state index contributed by atoms with van der Waals surface area (Å²) in [4.78, 5) is 34.3. The molecule has 1 N–H and O–H groups in total. The fourth-order valence-corrected chi connectivity index (χ4v) is 5.21. The number of nitrogens with one attached hydrogen (secondary N) is 1. The number of carbonyl (C=O) groups excluding carboxylic acids is 1. The highest BCUT2D eigenvalue weighted by atomic mass is 32.2. The topological polar surface area (TPSA) is 97.0 Å². The van der Waals surface area contributed by atoms with Crippen LogP contribution < -0.4 is 15.4 Å². The summed E-state index contributed by atoms with van der Waals surface area (Å²) < 4.78 is 26.8. The largest absolute Gasteiger partial charge is 0.368 e. The number of benzene rings is 2. The molecule has 2 aromatic carbocycles. The lowest BCUT2D eigenvalue weighted by Crippen LogP contribution is -2.45. The molecule has 1 aromatic heterocycles. The van der Waals surface area contributed by atoms with Crippen LogP contribution in [0.1, 0.15) is 15.9 Å². The lowest BCUT2D eigenvalue weighted by molar-refractivity contribution is 0.0993. The van der Waals surface area contributed by atoms with Gasteiger partial charge in [-0.2, -0.15) is 0 Å². The number of anilines is 2. The zero-order valence-electron chi connectivity index (χ0n) is 20.7. The van der Waals surface area contributed by atoms with E-state index in [9.17, 15) is 18.0 Å². The molecular formula is C25H31N5O4S. The van der Waals surface area contributed by atoms with E-state index in [4.69, 9.17) is 0 Å². The Labute approximate surface area is 205 Å². The molecule has 1 aliphatic rings. The van der Waals surface area contributed by atoms with Gasteiger partial charge in [-0.1, -0.05) is 0 Å². The van der Waals surface area contributed by atoms with Gasteiger partial charge in [-0.3, -0.25) is 9.59 Å². The number of sulfonamides is 1. The van der Waals surface area contributed by atoms with Crippen molar-refractivity contribution in [3.63, 3.8) is 0 Å². The summed E-state index contributed by atoms with van der Waals surface area (Å²) in [5.41, 5.74) is 3.08. The van der Waals surface area contributed by atoms with Crippen molar-refractivity contribution in [2.45, 2.75) is 11.8 Å². The van der Waals surface area contributed by atoms with Crippen molar-refractivity contribution in [1.82, 2.24) is 14.2 Å². The van der Waals surface area contributed by atoms with Gasteiger partial charge in [0.05, 0.1) is 16.1 Å². The Morgan fingerprint density at radius 2 is 1.66 bits per heavy atom. The normalized spacial score (nSPS) is 15.1. The van der Waals surface area contributed by atoms with Crippen molar-refractivity contribution >= 4 is 38.2 Å². The van der Waals surface area contributed by atoms with E-state index in [0.29, 0.717) is 35.5 Å². The second-order valence-corrected chi connectivity index (χ2v) is 11.3. The molecule has 9 nitrogen and oxygen atoms in total. The van der Waals surface area contributed by atoms with E-state index in [1.807, 2.05) is 20.0 Å². The van der Waals surface area contributed by atoms with Crippen LogP contribution in [0.25, 0.3) is 10.9 Å². The van der Waals surface area contributed by atoms with Crippen LogP contribution in [-0.2, 0) is 10.0 Å². The predicted molar refractivity (Wildman–Crippen MR) is 139 cm³/mol. The fourth-order valence-electron chi connectivity index (χ4n) is 4.29. The van der Waals surface area contributed by atoms with Crippen LogP contribution in [-0.4, -0.2) is 82.9 Å². The van der Waals surface area contributed by atoms with E-state index >= 15 is 0 Å². The number of hydrogen-bond donors (Lipinski definition) is 1. The van der Waals surface area contributed by atoms with Crippen LogP contribution in [0.3, 0.4) is 0 Å². The Hall–Kier alpha value is -3.21. The van der Waals surface area contributed by atoms with Gasteiger partial charge in [0.25, 0.3) is 5.91 Å². The minimum absolute atomic E-state index is 0.154. The third-order valence-electron chi connectivity index (χ3n) is 6.55.